The molecule has 3 heteroatoms. The Labute approximate surface area is 56.7 Å². The first-order valence-electron chi connectivity index (χ1n) is 2.18. The smallest absolute Gasteiger partial charge is 0.300 e. The van der Waals surface area contributed by atoms with Gasteiger partial charge in [-0.1, -0.05) is 0 Å². The van der Waals surface area contributed by atoms with Crippen LogP contribution in [0.2, 0.25) is 0 Å². The Hall–Kier alpha value is 0.470. The molecule has 0 fully saturated rings. The summed E-state index contributed by atoms with van der Waals surface area (Å²) in [6.07, 6.45) is 0. The van der Waals surface area contributed by atoms with Gasteiger partial charge in [-0.3, -0.25) is 4.79 Å². The van der Waals surface area contributed by atoms with E-state index in [0.717, 1.165) is 0 Å². The Morgan fingerprint density at radius 1 is 2.20 bits per heavy atom. The van der Waals surface area contributed by atoms with Crippen molar-refractivity contribution in [2.45, 2.75) is 6.85 Å². The zero-order valence-electron chi connectivity index (χ0n) is 5.86. The molecule has 1 radical (unpaired) electrons. The molecule has 0 aromatic rings. The SMILES string of the molecule is [2H]C([2H])([2H])[13C](=O)O.[Na]. The van der Waals surface area contributed by atoms with Crippen molar-refractivity contribution in [2.24, 2.45) is 0 Å². The summed E-state index contributed by atoms with van der Waals surface area (Å²) >= 11 is 0. The number of rotatable bonds is 0. The molecule has 5 heavy (non-hydrogen) atoms. The molecule has 0 saturated carbocycles. The van der Waals surface area contributed by atoms with Crippen LogP contribution in [0, 0.1) is 0 Å². The van der Waals surface area contributed by atoms with Crippen LogP contribution in [-0.2, 0) is 4.79 Å². The molecule has 0 rings (SSSR count). The van der Waals surface area contributed by atoms with Gasteiger partial charge in [0.15, 0.2) is 0 Å². The Morgan fingerprint density at radius 3 is 2.40 bits per heavy atom. The van der Waals surface area contributed by atoms with Crippen molar-refractivity contribution >= 4 is 35.5 Å². The summed E-state index contributed by atoms with van der Waals surface area (Å²) in [4.78, 5) is 9.46. The molecule has 0 heterocycles. The van der Waals surface area contributed by atoms with Crippen molar-refractivity contribution in [1.82, 2.24) is 0 Å². The first kappa shape index (κ1) is 2.61. The normalized spacial score (nSPS) is 16.4. The second-order valence-electron chi connectivity index (χ2n) is 0.305. The van der Waals surface area contributed by atoms with E-state index in [0.29, 0.717) is 0 Å². The molecular weight excluding hydrogens is 80.0 g/mol. The predicted octanol–water partition coefficient (Wildman–Crippen LogP) is -0.290. The van der Waals surface area contributed by atoms with Crippen molar-refractivity contribution in [3.63, 3.8) is 0 Å². The van der Waals surface area contributed by atoms with Crippen LogP contribution in [-0.4, -0.2) is 40.6 Å². The number of hydrogen-bond acceptors (Lipinski definition) is 1. The van der Waals surface area contributed by atoms with E-state index in [4.69, 9.17) is 9.22 Å². The second kappa shape index (κ2) is 4.47. The van der Waals surface area contributed by atoms with Crippen LogP contribution in [0.3, 0.4) is 0 Å². The fraction of sp³-hybridized carbons (Fsp3) is 0.500. The summed E-state index contributed by atoms with van der Waals surface area (Å²) in [7, 11) is 0. The second-order valence-corrected chi connectivity index (χ2v) is 0.305. The monoisotopic (exact) mass is 87.0 g/mol. The topological polar surface area (TPSA) is 37.3 Å². The summed E-state index contributed by atoms with van der Waals surface area (Å²) < 4.78 is 18.4. The predicted molar refractivity (Wildman–Crippen MR) is 19.1 cm³/mol. The van der Waals surface area contributed by atoms with Gasteiger partial charge in [0.1, 0.15) is 0 Å². The maximum atomic E-state index is 9.46. The van der Waals surface area contributed by atoms with Crippen LogP contribution < -0.4 is 0 Å². The van der Waals surface area contributed by atoms with Gasteiger partial charge in [-0.15, -0.1) is 0 Å². The van der Waals surface area contributed by atoms with E-state index in [9.17, 15) is 4.79 Å². The van der Waals surface area contributed by atoms with Crippen LogP contribution in [0.1, 0.15) is 11.0 Å². The van der Waals surface area contributed by atoms with Gasteiger partial charge in [-0.05, 0) is 0 Å². The standard InChI is InChI=1S/C2H4O2.Na/c1-2(3)4;/h1H3,(H,3,4);/i1D3,2+1;. The maximum absolute atomic E-state index is 9.46. The summed E-state index contributed by atoms with van der Waals surface area (Å²) in [5.41, 5.74) is 0. The molecule has 1 N–H and O–H groups in total. The van der Waals surface area contributed by atoms with E-state index in [1.807, 2.05) is 0 Å². The maximum Gasteiger partial charge on any atom is 0.300 e. The molecule has 0 bridgehead atoms. The van der Waals surface area contributed by atoms with Crippen molar-refractivity contribution < 1.29 is 14.0 Å². The van der Waals surface area contributed by atoms with Gasteiger partial charge in [0.25, 0.3) is 5.97 Å². The van der Waals surface area contributed by atoms with Crippen molar-refractivity contribution in [3.05, 3.63) is 0 Å². The third-order valence-electron chi connectivity index (χ3n) is 0. The van der Waals surface area contributed by atoms with Crippen LogP contribution >= 0.6 is 0 Å². The largest absolute Gasteiger partial charge is 0.481 e. The fourth-order valence-electron chi connectivity index (χ4n) is 0. The summed E-state index contributed by atoms with van der Waals surface area (Å²) in [5, 5.41) is 7.69. The van der Waals surface area contributed by atoms with Gasteiger partial charge in [0.2, 0.25) is 0 Å². The van der Waals surface area contributed by atoms with Crippen LogP contribution in [0.5, 0.6) is 0 Å². The summed E-state index contributed by atoms with van der Waals surface area (Å²) in [6.45, 7) is -2.83. The third kappa shape index (κ3) is 123. The quantitative estimate of drug-likeness (QED) is 0.325. The number of aliphatic carboxylic acids is 1. The van der Waals surface area contributed by atoms with Gasteiger partial charge in [0.05, 0.1) is 0 Å². The van der Waals surface area contributed by atoms with Crippen LogP contribution in [0.25, 0.3) is 0 Å². The summed E-state index contributed by atoms with van der Waals surface area (Å²) in [6, 6.07) is 0. The molecule has 0 aliphatic rings. The first-order chi connectivity index (χ1) is 2.94. The van der Waals surface area contributed by atoms with E-state index < -0.39 is 12.8 Å². The molecule has 0 aliphatic heterocycles. The zero-order chi connectivity index (χ0) is 6.08. The van der Waals surface area contributed by atoms with Gasteiger partial charge < -0.3 is 5.11 Å². The molecule has 0 amide bonds. The van der Waals surface area contributed by atoms with Gasteiger partial charge in [0, 0.05) is 40.5 Å². The van der Waals surface area contributed by atoms with E-state index in [2.05, 4.69) is 0 Å². The first-order valence-corrected chi connectivity index (χ1v) is 0.678. The molecule has 0 saturated heterocycles. The Balaban J connectivity index is 0. The molecular formula is C2H4NaO2. The molecule has 0 unspecified atom stereocenters. The third-order valence-corrected chi connectivity index (χ3v) is 0. The van der Waals surface area contributed by atoms with Crippen LogP contribution in [0.4, 0.5) is 0 Å². The molecule has 0 atom stereocenters. The Bertz CT molecular complexity index is 87.8. The van der Waals surface area contributed by atoms with E-state index in [1.165, 1.54) is 0 Å². The minimum atomic E-state index is -2.83. The number of hydrogen-bond donors (Lipinski definition) is 1. The average Bonchev–Trinajstić information content (AvgIpc) is 1.31. The van der Waals surface area contributed by atoms with Crippen LogP contribution in [0.15, 0.2) is 0 Å². The van der Waals surface area contributed by atoms with E-state index in [1.54, 1.807) is 0 Å². The van der Waals surface area contributed by atoms with E-state index >= 15 is 0 Å². The number of carboxylic acids is 1. The van der Waals surface area contributed by atoms with Crippen molar-refractivity contribution in [1.29, 1.82) is 0 Å². The van der Waals surface area contributed by atoms with Gasteiger partial charge >= 0.3 is 0 Å². The average molecular weight is 87.1 g/mol. The van der Waals surface area contributed by atoms with Gasteiger partial charge in [-0.2, -0.15) is 0 Å². The molecule has 0 aromatic carbocycles. The zero-order valence-corrected chi connectivity index (χ0v) is 4.86. The number of carbonyl (C=O) groups is 1. The van der Waals surface area contributed by atoms with Crippen molar-refractivity contribution in [2.75, 3.05) is 0 Å². The molecule has 25 valence electrons. The molecule has 0 aromatic heterocycles. The molecule has 0 aliphatic carbocycles. The Morgan fingerprint density at radius 2 is 2.40 bits per heavy atom. The van der Waals surface area contributed by atoms with Gasteiger partial charge in [-0.25, -0.2) is 0 Å². The summed E-state index contributed by atoms with van der Waals surface area (Å²) in [5.74, 6) is -1.76. The fourth-order valence-corrected chi connectivity index (χ4v) is 0. The minimum Gasteiger partial charge on any atom is -0.481 e. The molecule has 0 spiro atoms. The van der Waals surface area contributed by atoms with E-state index in [-0.39, 0.29) is 29.6 Å². The number of carboxylic acid groups (broad SMARTS) is 1. The Kier molecular flexibility index (Phi) is 2.33. The minimum absolute atomic E-state index is 0. The van der Waals surface area contributed by atoms with Crippen molar-refractivity contribution in [3.8, 4) is 0 Å². The molecule has 2 nitrogen and oxygen atoms in total.